The van der Waals surface area contributed by atoms with Crippen LogP contribution in [0.3, 0.4) is 0 Å². The summed E-state index contributed by atoms with van der Waals surface area (Å²) >= 11 is 0. The van der Waals surface area contributed by atoms with Crippen molar-refractivity contribution in [2.24, 2.45) is 5.73 Å². The molecule has 0 spiro atoms. The number of nitrogens with two attached hydrogens (primary N) is 1. The molecule has 1 amide bonds. The molecule has 1 unspecified atom stereocenters. The molecule has 0 radical (unpaired) electrons. The molecule has 10 nitrogen and oxygen atoms in total. The monoisotopic (exact) mass is 728 g/mol. The maximum absolute atomic E-state index is 14.0. The van der Waals surface area contributed by atoms with Gasteiger partial charge < -0.3 is 25.8 Å². The van der Waals surface area contributed by atoms with Crippen molar-refractivity contribution < 1.29 is 36.6 Å². The number of hydrogen-bond donors (Lipinski definition) is 3. The van der Waals surface area contributed by atoms with Gasteiger partial charge in [-0.25, -0.2) is 22.0 Å². The van der Waals surface area contributed by atoms with Gasteiger partial charge in [-0.05, 0) is 85.5 Å². The summed E-state index contributed by atoms with van der Waals surface area (Å²) in [5, 5.41) is 13.1. The molecule has 3 aromatic carbocycles. The van der Waals surface area contributed by atoms with E-state index in [-0.39, 0.29) is 47.7 Å². The van der Waals surface area contributed by atoms with Gasteiger partial charge in [0.15, 0.2) is 0 Å². The largest absolute Gasteiger partial charge is 0.456 e. The SMILES string of the molecule is CCCN(CCC)C(=O)c1cc(C(=O)O[C@H](CNCc2cccc(CC)c2)C(N)Cc2cc(F)cc(F)c2)cc(S(=O)(=O)N2CCC[C@H]2CO)c1. The Morgan fingerprint density at radius 1 is 0.980 bits per heavy atom. The average Bonchev–Trinajstić information content (AvgIpc) is 3.60. The molecule has 0 saturated carbocycles. The molecule has 0 aliphatic carbocycles. The highest BCUT2D eigenvalue weighted by Gasteiger charge is 2.36. The van der Waals surface area contributed by atoms with Gasteiger partial charge in [-0.15, -0.1) is 0 Å². The zero-order valence-electron chi connectivity index (χ0n) is 29.6. The highest BCUT2D eigenvalue weighted by molar-refractivity contribution is 7.89. The van der Waals surface area contributed by atoms with E-state index in [1.54, 1.807) is 4.90 Å². The molecule has 1 heterocycles. The average molecular weight is 729 g/mol. The van der Waals surface area contributed by atoms with Crippen LogP contribution in [0.4, 0.5) is 8.78 Å². The number of aliphatic hydroxyl groups excluding tert-OH is 1. The van der Waals surface area contributed by atoms with E-state index in [9.17, 15) is 31.9 Å². The molecular formula is C38H50F2N4O6S. The number of esters is 1. The molecule has 1 saturated heterocycles. The molecule has 3 atom stereocenters. The number of rotatable bonds is 18. The smallest absolute Gasteiger partial charge is 0.338 e. The number of benzene rings is 3. The second-order valence-corrected chi connectivity index (χ2v) is 14.9. The van der Waals surface area contributed by atoms with Crippen molar-refractivity contribution in [3.05, 3.63) is 100 Å². The van der Waals surface area contributed by atoms with E-state index in [1.807, 2.05) is 32.0 Å². The van der Waals surface area contributed by atoms with Crippen molar-refractivity contribution in [2.75, 3.05) is 32.8 Å². The van der Waals surface area contributed by atoms with E-state index in [0.29, 0.717) is 45.3 Å². The van der Waals surface area contributed by atoms with Crippen LogP contribution in [-0.4, -0.2) is 85.6 Å². The molecule has 13 heteroatoms. The van der Waals surface area contributed by atoms with Crippen LogP contribution in [0.25, 0.3) is 0 Å². The van der Waals surface area contributed by atoms with Crippen molar-refractivity contribution >= 4 is 21.9 Å². The topological polar surface area (TPSA) is 142 Å². The minimum absolute atomic E-state index is 0.00897. The molecule has 1 fully saturated rings. The van der Waals surface area contributed by atoms with Crippen molar-refractivity contribution in [3.63, 3.8) is 0 Å². The summed E-state index contributed by atoms with van der Waals surface area (Å²) in [7, 11) is -4.22. The van der Waals surface area contributed by atoms with Crippen LogP contribution in [-0.2, 0) is 34.1 Å². The van der Waals surface area contributed by atoms with Crippen LogP contribution in [0.15, 0.2) is 65.6 Å². The van der Waals surface area contributed by atoms with Crippen molar-refractivity contribution in [1.29, 1.82) is 0 Å². The van der Waals surface area contributed by atoms with Gasteiger partial charge in [-0.3, -0.25) is 4.79 Å². The Morgan fingerprint density at radius 2 is 1.65 bits per heavy atom. The predicted octanol–water partition coefficient (Wildman–Crippen LogP) is 4.82. The fourth-order valence-electron chi connectivity index (χ4n) is 6.41. The number of nitrogens with one attached hydrogen (secondary N) is 1. The number of halogens is 2. The number of aliphatic hydroxyl groups is 1. The quantitative estimate of drug-likeness (QED) is 0.159. The zero-order valence-corrected chi connectivity index (χ0v) is 30.4. The van der Waals surface area contributed by atoms with Gasteiger partial charge in [-0.2, -0.15) is 4.31 Å². The summed E-state index contributed by atoms with van der Waals surface area (Å²) in [5.74, 6) is -2.88. The number of carbonyl (C=O) groups is 2. The zero-order chi connectivity index (χ0) is 37.1. The first-order chi connectivity index (χ1) is 24.4. The van der Waals surface area contributed by atoms with E-state index < -0.39 is 51.7 Å². The standard InChI is InChI=1S/C38H50F2N4O6S/c1-4-12-43(13-5-2)37(46)29-19-30(21-34(20-29)51(48,49)44-14-8-11-33(44)25-45)38(47)50-36(24-42-23-27-10-7-9-26(6-3)15-27)35(41)18-28-16-31(39)22-32(40)17-28/h7,9-10,15-17,19-22,33,35-36,42,45H,4-6,8,11-14,18,23-25,41H2,1-3H3/t33-,35?,36+/m0/s1. The number of aryl methyl sites for hydroxylation is 1. The van der Waals surface area contributed by atoms with E-state index in [2.05, 4.69) is 18.3 Å². The van der Waals surface area contributed by atoms with Crippen LogP contribution in [0, 0.1) is 11.6 Å². The molecule has 51 heavy (non-hydrogen) atoms. The van der Waals surface area contributed by atoms with E-state index in [4.69, 9.17) is 10.5 Å². The molecule has 1 aliphatic heterocycles. The lowest BCUT2D eigenvalue weighted by atomic mass is 10.0. The van der Waals surface area contributed by atoms with Gasteiger partial charge in [0.2, 0.25) is 10.0 Å². The van der Waals surface area contributed by atoms with Gasteiger partial charge >= 0.3 is 5.97 Å². The Hall–Kier alpha value is -3.75. The summed E-state index contributed by atoms with van der Waals surface area (Å²) in [6.45, 7) is 7.09. The third-order valence-corrected chi connectivity index (χ3v) is 10.9. The minimum atomic E-state index is -4.22. The van der Waals surface area contributed by atoms with Crippen molar-refractivity contribution in [2.45, 2.75) is 88.9 Å². The molecule has 0 bridgehead atoms. The summed E-state index contributed by atoms with van der Waals surface area (Å²) in [6.07, 6.45) is 2.20. The molecular weight excluding hydrogens is 679 g/mol. The third-order valence-electron chi connectivity index (χ3n) is 9.01. The summed E-state index contributed by atoms with van der Waals surface area (Å²) in [6, 6.07) is 13.3. The molecule has 278 valence electrons. The molecule has 4 rings (SSSR count). The Morgan fingerprint density at radius 3 is 2.29 bits per heavy atom. The maximum Gasteiger partial charge on any atom is 0.338 e. The normalized spacial score (nSPS) is 16.2. The van der Waals surface area contributed by atoms with E-state index >= 15 is 0 Å². The lowest BCUT2D eigenvalue weighted by molar-refractivity contribution is 0.0237. The highest BCUT2D eigenvalue weighted by atomic mass is 32.2. The van der Waals surface area contributed by atoms with Crippen LogP contribution >= 0.6 is 0 Å². The Bertz CT molecular complexity index is 1730. The van der Waals surface area contributed by atoms with Crippen LogP contribution in [0.5, 0.6) is 0 Å². The summed E-state index contributed by atoms with van der Waals surface area (Å²) in [4.78, 5) is 29.1. The van der Waals surface area contributed by atoms with Crippen LogP contribution in [0.2, 0.25) is 0 Å². The number of ether oxygens (including phenoxy) is 1. The van der Waals surface area contributed by atoms with Gasteiger partial charge in [0.25, 0.3) is 5.91 Å². The number of nitrogens with zero attached hydrogens (tertiary/aromatic N) is 2. The second-order valence-electron chi connectivity index (χ2n) is 13.0. The highest BCUT2D eigenvalue weighted by Crippen LogP contribution is 2.28. The Kier molecular flexibility index (Phi) is 14.6. The molecule has 4 N–H and O–H groups in total. The lowest BCUT2D eigenvalue weighted by Gasteiger charge is -2.26. The fraction of sp³-hybridized carbons (Fsp3) is 0.474. The Balaban J connectivity index is 1.69. The number of sulfonamides is 1. The molecule has 0 aromatic heterocycles. The third kappa shape index (κ3) is 10.6. The van der Waals surface area contributed by atoms with E-state index in [1.165, 1.54) is 22.5 Å². The minimum Gasteiger partial charge on any atom is -0.456 e. The van der Waals surface area contributed by atoms with Gasteiger partial charge in [-0.1, -0.05) is 45.0 Å². The summed E-state index contributed by atoms with van der Waals surface area (Å²) in [5.41, 5.74) is 8.81. The first-order valence-corrected chi connectivity index (χ1v) is 19.1. The number of hydrogen-bond acceptors (Lipinski definition) is 8. The first-order valence-electron chi connectivity index (χ1n) is 17.7. The summed E-state index contributed by atoms with van der Waals surface area (Å²) < 4.78 is 63.1. The van der Waals surface area contributed by atoms with Crippen molar-refractivity contribution in [1.82, 2.24) is 14.5 Å². The second kappa shape index (κ2) is 18.7. The Labute approximate surface area is 300 Å². The van der Waals surface area contributed by atoms with Gasteiger partial charge in [0.1, 0.15) is 17.7 Å². The fourth-order valence-corrected chi connectivity index (χ4v) is 8.16. The number of carbonyl (C=O) groups excluding carboxylic acids is 2. The van der Waals surface area contributed by atoms with Gasteiger partial charge in [0, 0.05) is 56.4 Å². The van der Waals surface area contributed by atoms with E-state index in [0.717, 1.165) is 35.7 Å². The van der Waals surface area contributed by atoms with Crippen LogP contribution < -0.4 is 11.1 Å². The maximum atomic E-state index is 14.0. The predicted molar refractivity (Wildman–Crippen MR) is 192 cm³/mol. The molecule has 1 aliphatic rings. The number of amides is 1. The van der Waals surface area contributed by atoms with Crippen molar-refractivity contribution in [3.8, 4) is 0 Å². The van der Waals surface area contributed by atoms with Crippen LogP contribution in [0.1, 0.15) is 83.9 Å². The lowest BCUT2D eigenvalue weighted by Crippen LogP contribution is -2.46. The molecule has 3 aromatic rings. The first kappa shape index (κ1) is 40.0. The van der Waals surface area contributed by atoms with Gasteiger partial charge in [0.05, 0.1) is 17.1 Å².